The fourth-order valence-corrected chi connectivity index (χ4v) is 2.83. The van der Waals surface area contributed by atoms with Crippen LogP contribution in [0, 0.1) is 5.92 Å². The molecule has 0 aromatic carbocycles. The molecular formula is C13H26FNO. The highest BCUT2D eigenvalue weighted by Gasteiger charge is 2.38. The molecule has 0 heterocycles. The second-order valence-corrected chi connectivity index (χ2v) is 5.05. The van der Waals surface area contributed by atoms with Crippen LogP contribution in [0.2, 0.25) is 0 Å². The molecule has 0 aliphatic heterocycles. The van der Waals surface area contributed by atoms with E-state index in [0.717, 1.165) is 19.3 Å². The molecule has 2 nitrogen and oxygen atoms in total. The molecule has 0 bridgehead atoms. The van der Waals surface area contributed by atoms with E-state index in [4.69, 9.17) is 10.5 Å². The Bertz CT molecular complexity index is 181. The SMILES string of the molecule is COCC(F)(CCCN)C1CCCCCC1. The van der Waals surface area contributed by atoms with E-state index in [1.54, 1.807) is 7.11 Å². The standard InChI is InChI=1S/C13H26FNO/c1-16-11-13(14,9-6-10-15)12-7-4-2-3-5-8-12/h12H,2-11,15H2,1H3. The molecule has 1 atom stereocenters. The molecule has 1 fully saturated rings. The molecule has 0 saturated heterocycles. The largest absolute Gasteiger partial charge is 0.381 e. The zero-order valence-electron chi connectivity index (χ0n) is 10.5. The van der Waals surface area contributed by atoms with Gasteiger partial charge in [0.15, 0.2) is 0 Å². The van der Waals surface area contributed by atoms with E-state index in [9.17, 15) is 4.39 Å². The number of rotatable bonds is 6. The van der Waals surface area contributed by atoms with Crippen LogP contribution in [0.15, 0.2) is 0 Å². The van der Waals surface area contributed by atoms with Crippen LogP contribution >= 0.6 is 0 Å². The molecule has 1 aliphatic rings. The van der Waals surface area contributed by atoms with Crippen molar-refractivity contribution in [3.8, 4) is 0 Å². The van der Waals surface area contributed by atoms with Crippen LogP contribution in [-0.4, -0.2) is 25.9 Å². The fraction of sp³-hybridized carbons (Fsp3) is 1.00. The van der Waals surface area contributed by atoms with E-state index < -0.39 is 5.67 Å². The molecule has 1 rings (SSSR count). The third-order valence-electron chi connectivity index (χ3n) is 3.77. The molecule has 0 aromatic heterocycles. The molecule has 0 amide bonds. The summed E-state index contributed by atoms with van der Waals surface area (Å²) in [5.41, 5.74) is 4.34. The molecular weight excluding hydrogens is 205 g/mol. The predicted octanol–water partition coefficient (Wildman–Crippen LogP) is 3.05. The normalized spacial score (nSPS) is 22.7. The lowest BCUT2D eigenvalue weighted by Gasteiger charge is -2.33. The maximum Gasteiger partial charge on any atom is 0.137 e. The Morgan fingerprint density at radius 2 is 1.88 bits per heavy atom. The van der Waals surface area contributed by atoms with E-state index in [2.05, 4.69) is 0 Å². The summed E-state index contributed by atoms with van der Waals surface area (Å²) in [6.45, 7) is 0.805. The summed E-state index contributed by atoms with van der Waals surface area (Å²) < 4.78 is 19.9. The van der Waals surface area contributed by atoms with Crippen LogP contribution in [0.5, 0.6) is 0 Å². The minimum atomic E-state index is -1.14. The Hall–Kier alpha value is -0.150. The Morgan fingerprint density at radius 1 is 1.25 bits per heavy atom. The van der Waals surface area contributed by atoms with Gasteiger partial charge in [-0.2, -0.15) is 0 Å². The van der Waals surface area contributed by atoms with Gasteiger partial charge < -0.3 is 10.5 Å². The lowest BCUT2D eigenvalue weighted by molar-refractivity contribution is -0.0177. The number of alkyl halides is 1. The van der Waals surface area contributed by atoms with Crippen LogP contribution in [0.1, 0.15) is 51.4 Å². The van der Waals surface area contributed by atoms with Gasteiger partial charge in [-0.05, 0) is 38.1 Å². The maximum atomic E-state index is 14.9. The molecule has 1 saturated carbocycles. The number of ether oxygens (including phenoxy) is 1. The van der Waals surface area contributed by atoms with E-state index >= 15 is 0 Å². The molecule has 96 valence electrons. The highest BCUT2D eigenvalue weighted by molar-refractivity contribution is 4.88. The number of nitrogens with two attached hydrogens (primary N) is 1. The lowest BCUT2D eigenvalue weighted by atomic mass is 9.81. The summed E-state index contributed by atoms with van der Waals surface area (Å²) in [6.07, 6.45) is 8.21. The fourth-order valence-electron chi connectivity index (χ4n) is 2.83. The van der Waals surface area contributed by atoms with Crippen molar-refractivity contribution >= 4 is 0 Å². The van der Waals surface area contributed by atoms with Gasteiger partial charge in [0.1, 0.15) is 5.67 Å². The highest BCUT2D eigenvalue weighted by Crippen LogP contribution is 2.37. The molecule has 0 spiro atoms. The Labute approximate surface area is 98.7 Å². The molecule has 0 aromatic rings. The van der Waals surface area contributed by atoms with Crippen LogP contribution in [0.3, 0.4) is 0 Å². The second kappa shape index (κ2) is 7.23. The first-order valence-corrected chi connectivity index (χ1v) is 6.61. The van der Waals surface area contributed by atoms with Gasteiger partial charge in [0.25, 0.3) is 0 Å². The zero-order chi connectivity index (χ0) is 11.9. The van der Waals surface area contributed by atoms with E-state index in [-0.39, 0.29) is 12.5 Å². The first-order valence-electron chi connectivity index (χ1n) is 6.61. The van der Waals surface area contributed by atoms with Crippen LogP contribution < -0.4 is 5.73 Å². The van der Waals surface area contributed by atoms with Crippen molar-refractivity contribution in [2.45, 2.75) is 57.0 Å². The number of hydrogen-bond donors (Lipinski definition) is 1. The minimum absolute atomic E-state index is 0.182. The Kier molecular flexibility index (Phi) is 6.29. The van der Waals surface area contributed by atoms with Crippen molar-refractivity contribution in [3.63, 3.8) is 0 Å². The molecule has 2 N–H and O–H groups in total. The number of halogens is 1. The van der Waals surface area contributed by atoms with E-state index in [1.807, 2.05) is 0 Å². The highest BCUT2D eigenvalue weighted by atomic mass is 19.1. The Morgan fingerprint density at radius 3 is 2.38 bits per heavy atom. The summed E-state index contributed by atoms with van der Waals surface area (Å²) in [4.78, 5) is 0. The van der Waals surface area contributed by atoms with Gasteiger partial charge >= 0.3 is 0 Å². The van der Waals surface area contributed by atoms with Crippen molar-refractivity contribution < 1.29 is 9.13 Å². The lowest BCUT2D eigenvalue weighted by Crippen LogP contribution is -2.38. The molecule has 1 aliphatic carbocycles. The summed E-state index contributed by atoms with van der Waals surface area (Å²) in [5, 5.41) is 0. The van der Waals surface area contributed by atoms with Crippen molar-refractivity contribution in [1.82, 2.24) is 0 Å². The van der Waals surface area contributed by atoms with Gasteiger partial charge in [0, 0.05) is 7.11 Å². The smallest absolute Gasteiger partial charge is 0.137 e. The Balaban J connectivity index is 2.57. The van der Waals surface area contributed by atoms with Crippen LogP contribution in [-0.2, 0) is 4.74 Å². The van der Waals surface area contributed by atoms with Crippen LogP contribution in [0.25, 0.3) is 0 Å². The summed E-state index contributed by atoms with van der Waals surface area (Å²) in [6, 6.07) is 0. The summed E-state index contributed by atoms with van der Waals surface area (Å²) in [7, 11) is 1.59. The predicted molar refractivity (Wildman–Crippen MR) is 65.2 cm³/mol. The van der Waals surface area contributed by atoms with E-state index in [0.29, 0.717) is 13.0 Å². The van der Waals surface area contributed by atoms with Gasteiger partial charge in [0.2, 0.25) is 0 Å². The first-order chi connectivity index (χ1) is 7.73. The van der Waals surface area contributed by atoms with Crippen molar-refractivity contribution in [3.05, 3.63) is 0 Å². The minimum Gasteiger partial charge on any atom is -0.381 e. The molecule has 1 unspecified atom stereocenters. The van der Waals surface area contributed by atoms with Crippen molar-refractivity contribution in [2.75, 3.05) is 20.3 Å². The van der Waals surface area contributed by atoms with Gasteiger partial charge in [-0.15, -0.1) is 0 Å². The average Bonchev–Trinajstić information content (AvgIpc) is 2.55. The molecule has 16 heavy (non-hydrogen) atoms. The maximum absolute atomic E-state index is 14.9. The average molecular weight is 231 g/mol. The molecule has 0 radical (unpaired) electrons. The van der Waals surface area contributed by atoms with Gasteiger partial charge in [-0.3, -0.25) is 0 Å². The van der Waals surface area contributed by atoms with Gasteiger partial charge in [-0.1, -0.05) is 25.7 Å². The number of methoxy groups -OCH3 is 1. The number of hydrogen-bond acceptors (Lipinski definition) is 2. The van der Waals surface area contributed by atoms with Gasteiger partial charge in [-0.25, -0.2) is 4.39 Å². The van der Waals surface area contributed by atoms with E-state index in [1.165, 1.54) is 25.7 Å². The first kappa shape index (κ1) is 13.9. The quantitative estimate of drug-likeness (QED) is 0.713. The third-order valence-corrected chi connectivity index (χ3v) is 3.77. The second-order valence-electron chi connectivity index (χ2n) is 5.05. The molecule has 3 heteroatoms. The summed E-state index contributed by atoms with van der Waals surface area (Å²) in [5.74, 6) is 0.182. The van der Waals surface area contributed by atoms with Gasteiger partial charge in [0.05, 0.1) is 6.61 Å². The monoisotopic (exact) mass is 231 g/mol. The zero-order valence-corrected chi connectivity index (χ0v) is 10.5. The van der Waals surface area contributed by atoms with Crippen LogP contribution in [0.4, 0.5) is 4.39 Å². The van der Waals surface area contributed by atoms with Crippen molar-refractivity contribution in [1.29, 1.82) is 0 Å². The van der Waals surface area contributed by atoms with Crippen molar-refractivity contribution in [2.24, 2.45) is 11.7 Å². The summed E-state index contributed by atoms with van der Waals surface area (Å²) >= 11 is 0. The topological polar surface area (TPSA) is 35.2 Å². The third kappa shape index (κ3) is 4.02.